The Hall–Kier alpha value is -2.96. The largest absolute Gasteiger partial charge is 0.465 e. The lowest BCUT2D eigenvalue weighted by Crippen LogP contribution is -2.37. The second-order valence-electron chi connectivity index (χ2n) is 3.81. The molecule has 0 aliphatic heterocycles. The van der Waals surface area contributed by atoms with Gasteiger partial charge in [-0.25, -0.2) is 10.2 Å². The zero-order valence-electron chi connectivity index (χ0n) is 11.5. The topological polar surface area (TPSA) is 96.9 Å². The van der Waals surface area contributed by atoms with E-state index >= 15 is 0 Å². The number of hydrazone groups is 1. The average molecular weight is 289 g/mol. The van der Waals surface area contributed by atoms with Crippen molar-refractivity contribution in [2.45, 2.75) is 0 Å². The minimum Gasteiger partial charge on any atom is -0.465 e. The van der Waals surface area contributed by atoms with E-state index < -0.39 is 17.8 Å². The van der Waals surface area contributed by atoms with Gasteiger partial charge in [-0.15, -0.1) is 6.58 Å². The number of ether oxygens (including phenoxy) is 1. The van der Waals surface area contributed by atoms with E-state index in [1.165, 1.54) is 19.4 Å². The molecule has 0 saturated carbocycles. The molecule has 21 heavy (non-hydrogen) atoms. The van der Waals surface area contributed by atoms with Gasteiger partial charge in [0, 0.05) is 6.54 Å². The molecule has 0 spiro atoms. The fourth-order valence-electron chi connectivity index (χ4n) is 1.28. The van der Waals surface area contributed by atoms with Crippen molar-refractivity contribution in [3.8, 4) is 0 Å². The van der Waals surface area contributed by atoms with Crippen LogP contribution < -0.4 is 10.7 Å². The van der Waals surface area contributed by atoms with Crippen LogP contribution >= 0.6 is 0 Å². The first-order chi connectivity index (χ1) is 10.1. The Labute approximate surface area is 121 Å². The second-order valence-corrected chi connectivity index (χ2v) is 3.81. The number of carbonyl (C=O) groups is 3. The van der Waals surface area contributed by atoms with Crippen molar-refractivity contribution in [1.29, 1.82) is 0 Å². The molecule has 0 aliphatic rings. The number of amides is 2. The van der Waals surface area contributed by atoms with Crippen LogP contribution in [0.5, 0.6) is 0 Å². The van der Waals surface area contributed by atoms with Gasteiger partial charge in [-0.05, 0) is 17.7 Å². The van der Waals surface area contributed by atoms with Gasteiger partial charge in [0.15, 0.2) is 0 Å². The number of carbonyl (C=O) groups excluding carboxylic acids is 3. The number of methoxy groups -OCH3 is 1. The van der Waals surface area contributed by atoms with Crippen LogP contribution in [-0.4, -0.2) is 37.7 Å². The van der Waals surface area contributed by atoms with Gasteiger partial charge in [-0.1, -0.05) is 18.2 Å². The number of esters is 1. The molecule has 0 bridgehead atoms. The highest BCUT2D eigenvalue weighted by atomic mass is 16.5. The Morgan fingerprint density at radius 3 is 2.48 bits per heavy atom. The highest BCUT2D eigenvalue weighted by Crippen LogP contribution is 2.03. The Bertz CT molecular complexity index is 564. The maximum absolute atomic E-state index is 11.3. The van der Waals surface area contributed by atoms with Crippen LogP contribution in [0.25, 0.3) is 0 Å². The highest BCUT2D eigenvalue weighted by Gasteiger charge is 2.10. The summed E-state index contributed by atoms with van der Waals surface area (Å²) >= 11 is 0. The SMILES string of the molecule is C=CCNC(=O)C(=O)N/N=C/c1ccc(C(=O)OC)cc1. The molecular formula is C14H15N3O4. The number of hydrogen-bond donors (Lipinski definition) is 2. The summed E-state index contributed by atoms with van der Waals surface area (Å²) in [6.45, 7) is 3.61. The van der Waals surface area contributed by atoms with Crippen molar-refractivity contribution >= 4 is 24.0 Å². The standard InChI is InChI=1S/C14H15N3O4/c1-3-8-15-12(18)13(19)17-16-9-10-4-6-11(7-5-10)14(20)21-2/h3-7,9H,1,8H2,2H3,(H,15,18)(H,17,19)/b16-9+. The summed E-state index contributed by atoms with van der Waals surface area (Å²) in [5, 5.41) is 5.95. The predicted molar refractivity (Wildman–Crippen MR) is 76.7 cm³/mol. The Morgan fingerprint density at radius 1 is 1.24 bits per heavy atom. The first-order valence-corrected chi connectivity index (χ1v) is 5.99. The zero-order chi connectivity index (χ0) is 15.7. The van der Waals surface area contributed by atoms with E-state index in [0.29, 0.717) is 11.1 Å². The number of rotatable bonds is 5. The quantitative estimate of drug-likeness (QED) is 0.266. The highest BCUT2D eigenvalue weighted by molar-refractivity contribution is 6.35. The molecular weight excluding hydrogens is 274 g/mol. The Balaban J connectivity index is 2.53. The molecule has 0 radical (unpaired) electrons. The van der Waals surface area contributed by atoms with Crippen molar-refractivity contribution < 1.29 is 19.1 Å². The molecule has 0 unspecified atom stereocenters. The van der Waals surface area contributed by atoms with Crippen LogP contribution in [-0.2, 0) is 14.3 Å². The molecule has 0 fully saturated rings. The van der Waals surface area contributed by atoms with E-state index in [2.05, 4.69) is 27.2 Å². The molecule has 2 amide bonds. The predicted octanol–water partition coefficient (Wildman–Crippen LogP) is 0.225. The fraction of sp³-hybridized carbons (Fsp3) is 0.143. The summed E-state index contributed by atoms with van der Waals surface area (Å²) < 4.78 is 4.57. The van der Waals surface area contributed by atoms with Crippen molar-refractivity contribution in [2.75, 3.05) is 13.7 Å². The molecule has 2 N–H and O–H groups in total. The summed E-state index contributed by atoms with van der Waals surface area (Å²) in [5.41, 5.74) is 3.13. The molecule has 0 heterocycles. The molecule has 1 rings (SSSR count). The van der Waals surface area contributed by atoms with E-state index in [-0.39, 0.29) is 6.54 Å². The number of nitrogens with one attached hydrogen (secondary N) is 2. The van der Waals surface area contributed by atoms with Crippen LogP contribution in [0, 0.1) is 0 Å². The lowest BCUT2D eigenvalue weighted by atomic mass is 10.1. The molecule has 0 atom stereocenters. The Kier molecular flexibility index (Phi) is 6.33. The van der Waals surface area contributed by atoms with Gasteiger partial charge in [0.05, 0.1) is 18.9 Å². The van der Waals surface area contributed by atoms with Gasteiger partial charge in [0.1, 0.15) is 0 Å². The lowest BCUT2D eigenvalue weighted by molar-refractivity contribution is -0.139. The van der Waals surface area contributed by atoms with E-state index in [9.17, 15) is 14.4 Å². The summed E-state index contributed by atoms with van der Waals surface area (Å²) in [5.74, 6) is -2.11. The van der Waals surface area contributed by atoms with Crippen molar-refractivity contribution in [3.05, 3.63) is 48.0 Å². The van der Waals surface area contributed by atoms with Crippen molar-refractivity contribution in [3.63, 3.8) is 0 Å². The van der Waals surface area contributed by atoms with Gasteiger partial charge in [-0.2, -0.15) is 5.10 Å². The van der Waals surface area contributed by atoms with Crippen LogP contribution in [0.3, 0.4) is 0 Å². The third-order valence-electron chi connectivity index (χ3n) is 2.32. The third-order valence-corrected chi connectivity index (χ3v) is 2.32. The summed E-state index contributed by atoms with van der Waals surface area (Å²) in [7, 11) is 1.30. The minimum atomic E-state index is -0.876. The molecule has 1 aromatic carbocycles. The molecule has 7 heteroatoms. The fourth-order valence-corrected chi connectivity index (χ4v) is 1.28. The maximum Gasteiger partial charge on any atom is 0.337 e. The van der Waals surface area contributed by atoms with Crippen LogP contribution in [0.2, 0.25) is 0 Å². The van der Waals surface area contributed by atoms with Crippen LogP contribution in [0.1, 0.15) is 15.9 Å². The normalized spacial score (nSPS) is 9.95. The number of hydrogen-bond acceptors (Lipinski definition) is 5. The van der Waals surface area contributed by atoms with Gasteiger partial charge in [0.25, 0.3) is 0 Å². The van der Waals surface area contributed by atoms with Gasteiger partial charge in [-0.3, -0.25) is 9.59 Å². The zero-order valence-corrected chi connectivity index (χ0v) is 11.5. The maximum atomic E-state index is 11.3. The second kappa shape index (κ2) is 8.26. The van der Waals surface area contributed by atoms with E-state index in [0.717, 1.165) is 0 Å². The van der Waals surface area contributed by atoms with E-state index in [4.69, 9.17) is 0 Å². The van der Waals surface area contributed by atoms with Crippen molar-refractivity contribution in [1.82, 2.24) is 10.7 Å². The first-order valence-electron chi connectivity index (χ1n) is 5.99. The monoisotopic (exact) mass is 289 g/mol. The van der Waals surface area contributed by atoms with Gasteiger partial charge in [0.2, 0.25) is 0 Å². The Morgan fingerprint density at radius 2 is 1.90 bits per heavy atom. The van der Waals surface area contributed by atoms with E-state index in [1.54, 1.807) is 24.3 Å². The first kappa shape index (κ1) is 16.1. The van der Waals surface area contributed by atoms with Gasteiger partial charge < -0.3 is 10.1 Å². The molecule has 7 nitrogen and oxygen atoms in total. The van der Waals surface area contributed by atoms with Crippen LogP contribution in [0.4, 0.5) is 0 Å². The summed E-state index contributed by atoms with van der Waals surface area (Å²) in [6, 6.07) is 6.37. The molecule has 110 valence electrons. The van der Waals surface area contributed by atoms with Gasteiger partial charge >= 0.3 is 17.8 Å². The lowest BCUT2D eigenvalue weighted by Gasteiger charge is -2.00. The molecule has 0 saturated heterocycles. The summed E-state index contributed by atoms with van der Waals surface area (Å²) in [4.78, 5) is 33.7. The third kappa shape index (κ3) is 5.27. The van der Waals surface area contributed by atoms with Crippen LogP contribution in [0.15, 0.2) is 42.0 Å². The number of nitrogens with zero attached hydrogens (tertiary/aromatic N) is 1. The number of benzene rings is 1. The average Bonchev–Trinajstić information content (AvgIpc) is 2.52. The molecule has 0 aliphatic carbocycles. The smallest absolute Gasteiger partial charge is 0.337 e. The summed E-state index contributed by atoms with van der Waals surface area (Å²) in [6.07, 6.45) is 2.80. The molecule has 1 aromatic rings. The van der Waals surface area contributed by atoms with Crippen molar-refractivity contribution in [2.24, 2.45) is 5.10 Å². The minimum absolute atomic E-state index is 0.199. The van der Waals surface area contributed by atoms with E-state index in [1.807, 2.05) is 0 Å². The molecule has 0 aromatic heterocycles.